The first kappa shape index (κ1) is 20.9. The molecule has 0 aliphatic carbocycles. The van der Waals surface area contributed by atoms with Crippen LogP contribution >= 0.6 is 24.0 Å². The second-order valence-corrected chi connectivity index (χ2v) is 5.77. The SMILES string of the molecule is CCNC(=NCc1cccc(OC)c1)NCCc1nnc2ccccn12.I. The van der Waals surface area contributed by atoms with E-state index < -0.39 is 0 Å². The van der Waals surface area contributed by atoms with Crippen LogP contribution in [0.3, 0.4) is 0 Å². The van der Waals surface area contributed by atoms with Gasteiger partial charge < -0.3 is 15.4 Å². The lowest BCUT2D eigenvalue weighted by atomic mass is 10.2. The Morgan fingerprint density at radius 3 is 2.85 bits per heavy atom. The van der Waals surface area contributed by atoms with E-state index in [-0.39, 0.29) is 24.0 Å². The van der Waals surface area contributed by atoms with E-state index in [9.17, 15) is 0 Å². The number of nitrogens with zero attached hydrogens (tertiary/aromatic N) is 4. The van der Waals surface area contributed by atoms with Crippen molar-refractivity contribution in [3.63, 3.8) is 0 Å². The summed E-state index contributed by atoms with van der Waals surface area (Å²) in [5.41, 5.74) is 1.96. The van der Waals surface area contributed by atoms with Gasteiger partial charge in [0.2, 0.25) is 0 Å². The van der Waals surface area contributed by atoms with Gasteiger partial charge in [-0.15, -0.1) is 34.2 Å². The third-order valence-electron chi connectivity index (χ3n) is 3.92. The van der Waals surface area contributed by atoms with Crippen LogP contribution in [-0.4, -0.2) is 40.8 Å². The highest BCUT2D eigenvalue weighted by Crippen LogP contribution is 2.13. The Hall–Kier alpha value is -2.36. The summed E-state index contributed by atoms with van der Waals surface area (Å²) in [6.07, 6.45) is 2.74. The van der Waals surface area contributed by atoms with E-state index in [4.69, 9.17) is 4.74 Å². The van der Waals surface area contributed by atoms with E-state index in [2.05, 4.69) is 32.7 Å². The minimum absolute atomic E-state index is 0. The Balaban J connectivity index is 0.00000261. The van der Waals surface area contributed by atoms with Crippen LogP contribution in [0.5, 0.6) is 5.75 Å². The zero-order valence-electron chi connectivity index (χ0n) is 15.6. The summed E-state index contributed by atoms with van der Waals surface area (Å²) >= 11 is 0. The monoisotopic (exact) mass is 480 g/mol. The van der Waals surface area contributed by atoms with Gasteiger partial charge in [-0.05, 0) is 36.8 Å². The fourth-order valence-electron chi connectivity index (χ4n) is 2.64. The summed E-state index contributed by atoms with van der Waals surface area (Å²) in [5, 5.41) is 15.0. The highest BCUT2D eigenvalue weighted by Gasteiger charge is 2.05. The molecule has 3 rings (SSSR count). The lowest BCUT2D eigenvalue weighted by Crippen LogP contribution is -2.38. The molecule has 0 atom stereocenters. The molecule has 8 heteroatoms. The summed E-state index contributed by atoms with van der Waals surface area (Å²) in [7, 11) is 1.67. The minimum Gasteiger partial charge on any atom is -0.497 e. The normalized spacial score (nSPS) is 11.1. The molecule has 0 unspecified atom stereocenters. The number of aromatic nitrogens is 3. The fourth-order valence-corrected chi connectivity index (χ4v) is 2.64. The first-order valence-electron chi connectivity index (χ1n) is 8.74. The van der Waals surface area contributed by atoms with Crippen LogP contribution in [0, 0.1) is 0 Å². The zero-order valence-corrected chi connectivity index (χ0v) is 17.9. The number of pyridine rings is 1. The molecule has 7 nitrogen and oxygen atoms in total. The molecule has 2 N–H and O–H groups in total. The Kier molecular flexibility index (Phi) is 8.31. The zero-order chi connectivity index (χ0) is 18.2. The number of methoxy groups -OCH3 is 1. The van der Waals surface area contributed by atoms with E-state index in [0.29, 0.717) is 6.54 Å². The van der Waals surface area contributed by atoms with Crippen LogP contribution in [0.15, 0.2) is 53.7 Å². The first-order chi connectivity index (χ1) is 12.8. The van der Waals surface area contributed by atoms with Gasteiger partial charge in [0.15, 0.2) is 11.6 Å². The summed E-state index contributed by atoms with van der Waals surface area (Å²) in [6.45, 7) is 4.16. The summed E-state index contributed by atoms with van der Waals surface area (Å²) in [6, 6.07) is 13.8. The van der Waals surface area contributed by atoms with Crippen LogP contribution in [0.4, 0.5) is 0 Å². The molecule has 144 valence electrons. The predicted octanol–water partition coefficient (Wildman–Crippen LogP) is 2.65. The molecule has 0 amide bonds. The molecule has 0 saturated carbocycles. The molecular weight excluding hydrogens is 455 g/mol. The maximum atomic E-state index is 5.26. The van der Waals surface area contributed by atoms with E-state index in [1.165, 1.54) is 0 Å². The molecule has 0 saturated heterocycles. The van der Waals surface area contributed by atoms with Crippen molar-refractivity contribution in [2.45, 2.75) is 19.9 Å². The van der Waals surface area contributed by atoms with Crippen molar-refractivity contribution in [3.05, 3.63) is 60.0 Å². The molecule has 0 radical (unpaired) electrons. The van der Waals surface area contributed by atoms with Crippen molar-refractivity contribution in [2.75, 3.05) is 20.2 Å². The van der Waals surface area contributed by atoms with Crippen molar-refractivity contribution in [1.82, 2.24) is 25.2 Å². The number of halogens is 1. The molecule has 3 aromatic rings. The van der Waals surface area contributed by atoms with Crippen LogP contribution in [0.1, 0.15) is 18.3 Å². The van der Waals surface area contributed by atoms with E-state index in [1.54, 1.807) is 7.11 Å². The average molecular weight is 480 g/mol. The number of aliphatic imine (C=N–C) groups is 1. The number of rotatable bonds is 7. The number of hydrogen-bond acceptors (Lipinski definition) is 4. The number of fused-ring (bicyclic) bond motifs is 1. The van der Waals surface area contributed by atoms with Gasteiger partial charge in [0.25, 0.3) is 0 Å². The maximum Gasteiger partial charge on any atom is 0.191 e. The Bertz CT molecular complexity index is 879. The molecule has 1 aromatic carbocycles. The number of hydrogen-bond donors (Lipinski definition) is 2. The number of ether oxygens (including phenoxy) is 1. The van der Waals surface area contributed by atoms with Crippen LogP contribution in [0.2, 0.25) is 0 Å². The van der Waals surface area contributed by atoms with E-state index >= 15 is 0 Å². The second-order valence-electron chi connectivity index (χ2n) is 5.77. The molecule has 2 heterocycles. The molecule has 0 bridgehead atoms. The maximum absolute atomic E-state index is 5.26. The van der Waals surface area contributed by atoms with Crippen LogP contribution < -0.4 is 15.4 Å². The van der Waals surface area contributed by atoms with Gasteiger partial charge in [-0.2, -0.15) is 0 Å². The Morgan fingerprint density at radius 2 is 2.04 bits per heavy atom. The smallest absolute Gasteiger partial charge is 0.191 e. The van der Waals surface area contributed by atoms with Crippen LogP contribution in [0.25, 0.3) is 5.65 Å². The quantitative estimate of drug-likeness (QED) is 0.309. The van der Waals surface area contributed by atoms with Gasteiger partial charge in [-0.3, -0.25) is 4.40 Å². The molecule has 0 fully saturated rings. The summed E-state index contributed by atoms with van der Waals surface area (Å²) < 4.78 is 7.26. The van der Waals surface area contributed by atoms with Gasteiger partial charge in [-0.1, -0.05) is 18.2 Å². The van der Waals surface area contributed by atoms with Crippen molar-refractivity contribution >= 4 is 35.6 Å². The van der Waals surface area contributed by atoms with E-state index in [0.717, 1.165) is 48.3 Å². The molecule has 0 aliphatic rings. The third kappa shape index (κ3) is 5.81. The summed E-state index contributed by atoms with van der Waals surface area (Å²) in [5.74, 6) is 2.55. The van der Waals surface area contributed by atoms with Crippen LogP contribution in [-0.2, 0) is 13.0 Å². The van der Waals surface area contributed by atoms with Gasteiger partial charge in [-0.25, -0.2) is 4.99 Å². The number of benzene rings is 1. The fraction of sp³-hybridized carbons (Fsp3) is 0.316. The van der Waals surface area contributed by atoms with Crippen molar-refractivity contribution in [3.8, 4) is 5.75 Å². The molecule has 0 aliphatic heterocycles. The molecule has 27 heavy (non-hydrogen) atoms. The highest BCUT2D eigenvalue weighted by atomic mass is 127. The van der Waals surface area contributed by atoms with Gasteiger partial charge >= 0.3 is 0 Å². The minimum atomic E-state index is 0. The van der Waals surface area contributed by atoms with Gasteiger partial charge in [0.05, 0.1) is 13.7 Å². The van der Waals surface area contributed by atoms with Crippen molar-refractivity contribution in [2.24, 2.45) is 4.99 Å². The predicted molar refractivity (Wildman–Crippen MR) is 118 cm³/mol. The van der Waals surface area contributed by atoms with Crippen molar-refractivity contribution in [1.29, 1.82) is 0 Å². The lowest BCUT2D eigenvalue weighted by molar-refractivity contribution is 0.414. The first-order valence-corrected chi connectivity index (χ1v) is 8.74. The lowest BCUT2D eigenvalue weighted by Gasteiger charge is -2.11. The Labute approximate surface area is 176 Å². The van der Waals surface area contributed by atoms with Gasteiger partial charge in [0.1, 0.15) is 11.6 Å². The number of guanidine groups is 1. The second kappa shape index (κ2) is 10.7. The number of nitrogens with one attached hydrogen (secondary N) is 2. The third-order valence-corrected chi connectivity index (χ3v) is 3.92. The standard InChI is InChI=1S/C19H24N6O.HI/c1-3-20-19(22-14-15-7-6-8-16(13-15)26-2)21-11-10-18-24-23-17-9-4-5-12-25(17)18;/h4-9,12-13H,3,10-11,14H2,1-2H3,(H2,20,21,22);1H. The highest BCUT2D eigenvalue weighted by molar-refractivity contribution is 14.0. The topological polar surface area (TPSA) is 75.8 Å². The molecule has 2 aromatic heterocycles. The van der Waals surface area contributed by atoms with Crippen molar-refractivity contribution < 1.29 is 4.74 Å². The van der Waals surface area contributed by atoms with E-state index in [1.807, 2.05) is 53.1 Å². The van der Waals surface area contributed by atoms with Gasteiger partial charge in [0, 0.05) is 25.7 Å². The Morgan fingerprint density at radius 1 is 1.15 bits per heavy atom. The molecular formula is C19H25IN6O. The average Bonchev–Trinajstić information content (AvgIpc) is 3.09. The molecule has 0 spiro atoms. The largest absolute Gasteiger partial charge is 0.497 e. The summed E-state index contributed by atoms with van der Waals surface area (Å²) in [4.78, 5) is 4.64.